The summed E-state index contributed by atoms with van der Waals surface area (Å²) in [5.74, 6) is 1.08. The van der Waals surface area contributed by atoms with Crippen molar-refractivity contribution in [2.24, 2.45) is 20.0 Å². The van der Waals surface area contributed by atoms with E-state index in [9.17, 15) is 5.11 Å². The first-order chi connectivity index (χ1) is 10.1. The topological polar surface area (TPSA) is 59.1 Å². The Morgan fingerprint density at radius 3 is 2.67 bits per heavy atom. The first-order valence-electron chi connectivity index (χ1n) is 7.48. The number of imidazole rings is 1. The highest BCUT2D eigenvalue weighted by molar-refractivity contribution is 5.04. The number of aliphatic hydroxyl groups is 1. The molecule has 1 atom stereocenters. The Bertz CT molecular complexity index is 582. The summed E-state index contributed by atoms with van der Waals surface area (Å²) in [6.45, 7) is 2.97. The van der Waals surface area contributed by atoms with E-state index < -0.39 is 6.10 Å². The lowest BCUT2D eigenvalue weighted by Gasteiger charge is -2.33. The second-order valence-corrected chi connectivity index (χ2v) is 5.98. The van der Waals surface area contributed by atoms with E-state index in [1.54, 1.807) is 6.20 Å². The first-order valence-corrected chi connectivity index (χ1v) is 7.48. The van der Waals surface area contributed by atoms with E-state index in [1.165, 1.54) is 5.56 Å². The molecule has 0 saturated carbocycles. The SMILES string of the molecule is Cn1cc(CN2CCC(C(O)c3nccn3C)CC2)cn1. The molecular weight excluding hydrogens is 266 g/mol. The molecule has 0 aromatic carbocycles. The van der Waals surface area contributed by atoms with E-state index in [2.05, 4.69) is 21.2 Å². The van der Waals surface area contributed by atoms with Crippen LogP contribution in [0.15, 0.2) is 24.8 Å². The fraction of sp³-hybridized carbons (Fsp3) is 0.600. The largest absolute Gasteiger partial charge is 0.385 e. The summed E-state index contributed by atoms with van der Waals surface area (Å²) >= 11 is 0. The third kappa shape index (κ3) is 3.16. The van der Waals surface area contributed by atoms with Crippen molar-refractivity contribution < 1.29 is 5.11 Å². The predicted octanol–water partition coefficient (Wildman–Crippen LogP) is 1.10. The first kappa shape index (κ1) is 14.3. The normalized spacial score (nSPS) is 19.0. The van der Waals surface area contributed by atoms with Gasteiger partial charge in [-0.1, -0.05) is 0 Å². The molecular formula is C15H23N5O. The van der Waals surface area contributed by atoms with Crippen LogP contribution in [0.1, 0.15) is 30.3 Å². The molecule has 6 nitrogen and oxygen atoms in total. The molecule has 6 heteroatoms. The Hall–Kier alpha value is -1.66. The molecule has 0 radical (unpaired) electrons. The molecule has 2 aromatic heterocycles. The van der Waals surface area contributed by atoms with Gasteiger partial charge in [0.2, 0.25) is 0 Å². The van der Waals surface area contributed by atoms with Gasteiger partial charge in [0.1, 0.15) is 11.9 Å². The minimum atomic E-state index is -0.453. The lowest BCUT2D eigenvalue weighted by Crippen LogP contribution is -2.35. The Morgan fingerprint density at radius 1 is 1.33 bits per heavy atom. The number of hydrogen-bond donors (Lipinski definition) is 1. The van der Waals surface area contributed by atoms with E-state index in [1.807, 2.05) is 35.7 Å². The van der Waals surface area contributed by atoms with Gasteiger partial charge in [0.15, 0.2) is 0 Å². The highest BCUT2D eigenvalue weighted by Crippen LogP contribution is 2.30. The van der Waals surface area contributed by atoms with Crippen LogP contribution in [0.5, 0.6) is 0 Å². The van der Waals surface area contributed by atoms with Gasteiger partial charge < -0.3 is 9.67 Å². The predicted molar refractivity (Wildman–Crippen MR) is 79.4 cm³/mol. The number of piperidine rings is 1. The summed E-state index contributed by atoms with van der Waals surface area (Å²) in [4.78, 5) is 6.70. The van der Waals surface area contributed by atoms with Crippen LogP contribution in [0, 0.1) is 5.92 Å². The number of nitrogens with zero attached hydrogens (tertiary/aromatic N) is 5. The maximum absolute atomic E-state index is 10.5. The Kier molecular flexibility index (Phi) is 4.07. The van der Waals surface area contributed by atoms with Crippen molar-refractivity contribution in [1.29, 1.82) is 0 Å². The quantitative estimate of drug-likeness (QED) is 0.915. The summed E-state index contributed by atoms with van der Waals surface area (Å²) in [7, 11) is 3.88. The van der Waals surface area contributed by atoms with E-state index in [-0.39, 0.29) is 0 Å². The molecule has 3 rings (SSSR count). The number of rotatable bonds is 4. The van der Waals surface area contributed by atoms with Gasteiger partial charge in [-0.3, -0.25) is 9.58 Å². The summed E-state index contributed by atoms with van der Waals surface area (Å²) in [6, 6.07) is 0. The molecule has 1 saturated heterocycles. The van der Waals surface area contributed by atoms with Gasteiger partial charge in [-0.05, 0) is 31.8 Å². The highest BCUT2D eigenvalue weighted by atomic mass is 16.3. The number of aromatic nitrogens is 4. The maximum atomic E-state index is 10.5. The van der Waals surface area contributed by atoms with Gasteiger partial charge in [-0.25, -0.2) is 4.98 Å². The summed E-state index contributed by atoms with van der Waals surface area (Å²) in [6.07, 6.45) is 9.18. The molecule has 0 spiro atoms. The molecule has 1 aliphatic heterocycles. The van der Waals surface area contributed by atoms with E-state index >= 15 is 0 Å². The van der Waals surface area contributed by atoms with Gasteiger partial charge in [-0.15, -0.1) is 0 Å². The molecule has 0 aliphatic carbocycles. The zero-order valence-corrected chi connectivity index (χ0v) is 12.7. The fourth-order valence-electron chi connectivity index (χ4n) is 3.11. The van der Waals surface area contributed by atoms with Crippen LogP contribution >= 0.6 is 0 Å². The van der Waals surface area contributed by atoms with Crippen molar-refractivity contribution in [1.82, 2.24) is 24.2 Å². The smallest absolute Gasteiger partial charge is 0.137 e. The van der Waals surface area contributed by atoms with Crippen molar-refractivity contribution in [2.75, 3.05) is 13.1 Å². The minimum absolute atomic E-state index is 0.302. The lowest BCUT2D eigenvalue weighted by atomic mass is 9.90. The average Bonchev–Trinajstić information content (AvgIpc) is 3.08. The van der Waals surface area contributed by atoms with Crippen LogP contribution in [0.3, 0.4) is 0 Å². The van der Waals surface area contributed by atoms with Gasteiger partial charge in [0, 0.05) is 44.8 Å². The molecule has 114 valence electrons. The van der Waals surface area contributed by atoms with Crippen LogP contribution in [0.4, 0.5) is 0 Å². The second-order valence-electron chi connectivity index (χ2n) is 5.98. The van der Waals surface area contributed by atoms with Gasteiger partial charge in [-0.2, -0.15) is 5.10 Å². The Morgan fingerprint density at radius 2 is 2.10 bits per heavy atom. The zero-order valence-electron chi connectivity index (χ0n) is 12.7. The van der Waals surface area contributed by atoms with Crippen molar-refractivity contribution in [2.45, 2.75) is 25.5 Å². The molecule has 3 heterocycles. The molecule has 2 aromatic rings. The van der Waals surface area contributed by atoms with Crippen molar-refractivity contribution in [3.8, 4) is 0 Å². The maximum Gasteiger partial charge on any atom is 0.137 e. The van der Waals surface area contributed by atoms with E-state index in [0.29, 0.717) is 5.92 Å². The zero-order chi connectivity index (χ0) is 14.8. The van der Waals surface area contributed by atoms with Crippen LogP contribution in [0.2, 0.25) is 0 Å². The monoisotopic (exact) mass is 289 g/mol. The van der Waals surface area contributed by atoms with Crippen molar-refractivity contribution in [3.05, 3.63) is 36.2 Å². The average molecular weight is 289 g/mol. The number of hydrogen-bond acceptors (Lipinski definition) is 4. The van der Waals surface area contributed by atoms with Crippen molar-refractivity contribution >= 4 is 0 Å². The van der Waals surface area contributed by atoms with Crippen molar-refractivity contribution in [3.63, 3.8) is 0 Å². The number of aliphatic hydroxyl groups excluding tert-OH is 1. The van der Waals surface area contributed by atoms with Crippen LogP contribution < -0.4 is 0 Å². The number of likely N-dealkylation sites (tertiary alicyclic amines) is 1. The summed E-state index contributed by atoms with van der Waals surface area (Å²) < 4.78 is 3.75. The number of aryl methyl sites for hydroxylation is 2. The van der Waals surface area contributed by atoms with Gasteiger partial charge >= 0.3 is 0 Å². The molecule has 0 amide bonds. The molecule has 1 N–H and O–H groups in total. The molecule has 1 unspecified atom stereocenters. The highest BCUT2D eigenvalue weighted by Gasteiger charge is 2.28. The van der Waals surface area contributed by atoms with Crippen LogP contribution in [-0.2, 0) is 20.6 Å². The summed E-state index contributed by atoms with van der Waals surface area (Å²) in [5, 5.41) is 14.7. The standard InChI is InChI=1S/C15H23N5O/c1-18-8-5-16-15(18)14(21)13-3-6-20(7-4-13)11-12-9-17-19(2)10-12/h5,8-10,13-14,21H,3-4,6-7,11H2,1-2H3. The van der Waals surface area contributed by atoms with Gasteiger partial charge in [0.25, 0.3) is 0 Å². The third-order valence-corrected chi connectivity index (χ3v) is 4.37. The minimum Gasteiger partial charge on any atom is -0.385 e. The molecule has 21 heavy (non-hydrogen) atoms. The Balaban J connectivity index is 1.54. The molecule has 0 bridgehead atoms. The van der Waals surface area contributed by atoms with E-state index in [4.69, 9.17) is 0 Å². The Labute approximate surface area is 125 Å². The lowest BCUT2D eigenvalue weighted by molar-refractivity contribution is 0.0492. The van der Waals surface area contributed by atoms with E-state index in [0.717, 1.165) is 38.3 Å². The fourth-order valence-corrected chi connectivity index (χ4v) is 3.11. The second kappa shape index (κ2) is 5.99. The van der Waals surface area contributed by atoms with Crippen LogP contribution in [0.25, 0.3) is 0 Å². The molecule has 1 fully saturated rings. The van der Waals surface area contributed by atoms with Gasteiger partial charge in [0.05, 0.1) is 6.20 Å². The third-order valence-electron chi connectivity index (χ3n) is 4.37. The molecule has 1 aliphatic rings. The van der Waals surface area contributed by atoms with Crippen LogP contribution in [-0.4, -0.2) is 42.4 Å². The summed E-state index contributed by atoms with van der Waals surface area (Å²) in [5.41, 5.74) is 1.25.